The molecule has 3 nitrogen and oxygen atoms in total. The summed E-state index contributed by atoms with van der Waals surface area (Å²) in [6.07, 6.45) is 11.1. The summed E-state index contributed by atoms with van der Waals surface area (Å²) in [6.45, 7) is 2.19. The molecule has 116 valence electrons. The molecule has 0 bridgehead atoms. The second-order valence-electron chi connectivity index (χ2n) is 4.92. The number of carboxylic acids is 1. The van der Waals surface area contributed by atoms with Crippen molar-refractivity contribution in [2.45, 2.75) is 70.8 Å². The fraction of sp³-hybridized carbons (Fsp3) is 0.611. The van der Waals surface area contributed by atoms with Crippen LogP contribution in [0.25, 0.3) is 0 Å². The third kappa shape index (κ3) is 14.5. The molecule has 0 aromatic carbocycles. The first-order valence-corrected chi connectivity index (χ1v) is 7.72. The second-order valence-corrected chi connectivity index (χ2v) is 4.92. The van der Waals surface area contributed by atoms with Crippen molar-refractivity contribution in [3.05, 3.63) is 12.2 Å². The van der Waals surface area contributed by atoms with Crippen LogP contribution >= 0.6 is 0 Å². The van der Waals surface area contributed by atoms with Gasteiger partial charge in [-0.15, -0.1) is 0 Å². The molecule has 0 amide bonds. The summed E-state index contributed by atoms with van der Waals surface area (Å²) in [4.78, 5) is 10.4. The summed E-state index contributed by atoms with van der Waals surface area (Å²) >= 11 is 0. The van der Waals surface area contributed by atoms with Crippen LogP contribution in [0.15, 0.2) is 12.2 Å². The van der Waals surface area contributed by atoms with E-state index in [0.29, 0.717) is 12.8 Å². The van der Waals surface area contributed by atoms with Crippen LogP contribution in [0.5, 0.6) is 0 Å². The van der Waals surface area contributed by atoms with Crippen molar-refractivity contribution in [2.24, 2.45) is 0 Å². The summed E-state index contributed by atoms with van der Waals surface area (Å²) in [5, 5.41) is 17.6. The molecule has 0 saturated heterocycles. The molecule has 1 unspecified atom stereocenters. The lowest BCUT2D eigenvalue weighted by molar-refractivity contribution is -0.146. The van der Waals surface area contributed by atoms with Gasteiger partial charge in [-0.25, -0.2) is 4.79 Å². The van der Waals surface area contributed by atoms with Gasteiger partial charge in [-0.1, -0.05) is 50.5 Å². The Morgan fingerprint density at radius 2 is 1.95 bits per heavy atom. The summed E-state index contributed by atoms with van der Waals surface area (Å²) in [5.41, 5.74) is 0. The van der Waals surface area contributed by atoms with E-state index in [4.69, 9.17) is 10.2 Å². The van der Waals surface area contributed by atoms with Crippen molar-refractivity contribution >= 4 is 5.97 Å². The number of hydrogen-bond donors (Lipinski definition) is 2. The third-order valence-corrected chi connectivity index (χ3v) is 2.96. The van der Waals surface area contributed by atoms with E-state index in [1.165, 1.54) is 19.3 Å². The molecular weight excluding hydrogens is 264 g/mol. The Balaban J connectivity index is 3.52. The van der Waals surface area contributed by atoms with Gasteiger partial charge in [0.15, 0.2) is 6.10 Å². The minimum atomic E-state index is -1.23. The predicted molar refractivity (Wildman–Crippen MR) is 85.6 cm³/mol. The lowest BCUT2D eigenvalue weighted by Crippen LogP contribution is -2.18. The minimum Gasteiger partial charge on any atom is -0.479 e. The summed E-state index contributed by atoms with van der Waals surface area (Å²) < 4.78 is 0. The maximum absolute atomic E-state index is 10.4. The van der Waals surface area contributed by atoms with Crippen LogP contribution < -0.4 is 0 Å². The number of unbranched alkanes of at least 4 members (excludes halogenated alkanes) is 6. The molecule has 0 rings (SSSR count). The molecule has 0 aromatic rings. The van der Waals surface area contributed by atoms with Gasteiger partial charge >= 0.3 is 5.97 Å². The average molecular weight is 290 g/mol. The molecule has 3 heteroatoms. The Labute approximate surface area is 128 Å². The lowest BCUT2D eigenvalue weighted by Gasteiger charge is -2.03. The highest BCUT2D eigenvalue weighted by atomic mass is 16.4. The molecule has 0 heterocycles. The van der Waals surface area contributed by atoms with E-state index in [2.05, 4.69) is 36.7 Å². The molecule has 21 heavy (non-hydrogen) atoms. The molecule has 0 spiro atoms. The fourth-order valence-corrected chi connectivity index (χ4v) is 1.69. The zero-order valence-corrected chi connectivity index (χ0v) is 12.9. The molecular formula is C18H26O3. The number of aliphatic carboxylic acids is 1. The van der Waals surface area contributed by atoms with E-state index in [1.807, 2.05) is 6.08 Å². The highest BCUT2D eigenvalue weighted by Crippen LogP contribution is 2.05. The Bertz CT molecular complexity index is 415. The van der Waals surface area contributed by atoms with E-state index in [-0.39, 0.29) is 0 Å². The standard InChI is InChI=1S/C18H26O3/c1-2-3-4-5-6-7-8-9-10-11-12-13-14-15-16-17(19)18(20)21/h6-7,17,19H,2-5,12-16H2,1H3,(H,20,21)/b7-6-. The van der Waals surface area contributed by atoms with E-state index in [1.54, 1.807) is 0 Å². The maximum atomic E-state index is 10.4. The zero-order valence-electron chi connectivity index (χ0n) is 12.9. The fourth-order valence-electron chi connectivity index (χ4n) is 1.69. The number of rotatable bonds is 10. The number of aliphatic hydroxyl groups is 1. The van der Waals surface area contributed by atoms with Crippen molar-refractivity contribution in [1.82, 2.24) is 0 Å². The van der Waals surface area contributed by atoms with Gasteiger partial charge in [0.1, 0.15) is 0 Å². The van der Waals surface area contributed by atoms with Crippen LogP contribution in [0.4, 0.5) is 0 Å². The van der Waals surface area contributed by atoms with Crippen molar-refractivity contribution in [1.29, 1.82) is 0 Å². The van der Waals surface area contributed by atoms with Crippen LogP contribution in [0.1, 0.15) is 64.7 Å². The molecule has 1 atom stereocenters. The molecule has 0 radical (unpaired) electrons. The Hall–Kier alpha value is -1.71. The van der Waals surface area contributed by atoms with Gasteiger partial charge in [-0.2, -0.15) is 0 Å². The summed E-state index contributed by atoms with van der Waals surface area (Å²) in [6, 6.07) is 0. The Morgan fingerprint density at radius 1 is 1.14 bits per heavy atom. The minimum absolute atomic E-state index is 0.311. The van der Waals surface area contributed by atoms with Crippen LogP contribution in [0.2, 0.25) is 0 Å². The topological polar surface area (TPSA) is 57.5 Å². The summed E-state index contributed by atoms with van der Waals surface area (Å²) in [7, 11) is 0. The van der Waals surface area contributed by atoms with Gasteiger partial charge in [0.25, 0.3) is 0 Å². The van der Waals surface area contributed by atoms with Crippen LogP contribution in [0, 0.1) is 23.7 Å². The van der Waals surface area contributed by atoms with Gasteiger partial charge in [-0.3, -0.25) is 0 Å². The normalized spacial score (nSPS) is 11.3. The van der Waals surface area contributed by atoms with E-state index < -0.39 is 12.1 Å². The largest absolute Gasteiger partial charge is 0.479 e. The van der Waals surface area contributed by atoms with Gasteiger partial charge in [0.05, 0.1) is 0 Å². The molecule has 0 aromatic heterocycles. The quantitative estimate of drug-likeness (QED) is 0.478. The SMILES string of the molecule is CCCCC/C=C\C#CC#CCCCCCC(O)C(=O)O. The van der Waals surface area contributed by atoms with E-state index in [9.17, 15) is 4.79 Å². The van der Waals surface area contributed by atoms with Gasteiger partial charge in [0, 0.05) is 6.42 Å². The Morgan fingerprint density at radius 3 is 2.67 bits per heavy atom. The van der Waals surface area contributed by atoms with Gasteiger partial charge in [0.2, 0.25) is 0 Å². The van der Waals surface area contributed by atoms with Crippen molar-refractivity contribution < 1.29 is 15.0 Å². The number of hydrogen-bond acceptors (Lipinski definition) is 2. The van der Waals surface area contributed by atoms with Crippen LogP contribution in [-0.2, 0) is 4.79 Å². The molecule has 0 saturated carbocycles. The monoisotopic (exact) mass is 290 g/mol. The number of carbonyl (C=O) groups is 1. The van der Waals surface area contributed by atoms with Crippen molar-refractivity contribution in [2.75, 3.05) is 0 Å². The Kier molecular flexibility index (Phi) is 13.5. The molecule has 0 aliphatic rings. The van der Waals surface area contributed by atoms with Crippen LogP contribution in [0.3, 0.4) is 0 Å². The molecule has 2 N–H and O–H groups in total. The van der Waals surface area contributed by atoms with Crippen molar-refractivity contribution in [3.8, 4) is 23.7 Å². The molecule has 0 aliphatic carbocycles. The van der Waals surface area contributed by atoms with Gasteiger partial charge in [-0.05, 0) is 43.6 Å². The number of allylic oxidation sites excluding steroid dienone is 2. The van der Waals surface area contributed by atoms with Crippen LogP contribution in [-0.4, -0.2) is 22.3 Å². The maximum Gasteiger partial charge on any atom is 0.332 e. The zero-order chi connectivity index (χ0) is 15.8. The molecule has 0 fully saturated rings. The first-order chi connectivity index (χ1) is 10.2. The average Bonchev–Trinajstić information content (AvgIpc) is 2.47. The predicted octanol–water partition coefficient (Wildman–Crippen LogP) is 3.53. The highest BCUT2D eigenvalue weighted by molar-refractivity contribution is 5.71. The first kappa shape index (κ1) is 19.3. The molecule has 0 aliphatic heterocycles. The van der Waals surface area contributed by atoms with E-state index in [0.717, 1.165) is 25.7 Å². The highest BCUT2D eigenvalue weighted by Gasteiger charge is 2.11. The summed E-state index contributed by atoms with van der Waals surface area (Å²) in [5.74, 6) is 10.3. The second kappa shape index (κ2) is 14.7. The number of carboxylic acid groups (broad SMARTS) is 1. The third-order valence-electron chi connectivity index (χ3n) is 2.96. The smallest absolute Gasteiger partial charge is 0.332 e. The van der Waals surface area contributed by atoms with E-state index >= 15 is 0 Å². The number of aliphatic hydroxyl groups excluding tert-OH is 1. The first-order valence-electron chi connectivity index (χ1n) is 7.72. The van der Waals surface area contributed by atoms with Gasteiger partial charge < -0.3 is 10.2 Å². The van der Waals surface area contributed by atoms with Crippen molar-refractivity contribution in [3.63, 3.8) is 0 Å². The lowest BCUT2D eigenvalue weighted by atomic mass is 10.1.